The molecule has 0 aliphatic carbocycles. The minimum absolute atomic E-state index is 0.000283. The van der Waals surface area contributed by atoms with Gasteiger partial charge in [0.15, 0.2) is 28.7 Å². The smallest absolute Gasteiger partial charge is 0.348 e. The number of amides is 2. The maximum absolute atomic E-state index is 15.3. The van der Waals surface area contributed by atoms with Gasteiger partial charge in [-0.05, 0) is 160 Å². The molecule has 0 radical (unpaired) electrons. The molecule has 7 aromatic carbocycles. The number of carbonyl (C=O) groups excluding carboxylic acids is 2. The third-order valence-corrected chi connectivity index (χ3v) is 19.7. The monoisotopic (exact) mass is 1560 g/mol. The van der Waals surface area contributed by atoms with Gasteiger partial charge in [-0.3, -0.25) is 52.8 Å². The molecule has 7 aromatic heterocycles. The fraction of sp³-hybridized carbons (Fsp3) is 0.173. The van der Waals surface area contributed by atoms with Crippen molar-refractivity contribution in [1.29, 1.82) is 5.26 Å². The molecule has 0 bridgehead atoms. The number of nitrogens with zero attached hydrogens (tertiary/aromatic N) is 21. The molecule has 11 heterocycles. The number of anilines is 3. The number of aromatic hydroxyl groups is 1. The number of ether oxygens (including phenoxy) is 1. The van der Waals surface area contributed by atoms with Crippen molar-refractivity contribution in [1.82, 2.24) is 67.7 Å². The van der Waals surface area contributed by atoms with E-state index in [0.29, 0.717) is 104 Å². The molecule has 116 heavy (non-hydrogen) atoms. The number of para-hydroxylation sites is 2. The Balaban J connectivity index is 0.000000124. The van der Waals surface area contributed by atoms with Gasteiger partial charge in [-0.2, -0.15) is 45.1 Å². The Morgan fingerprint density at radius 1 is 0.655 bits per heavy atom. The number of pyridine rings is 2. The van der Waals surface area contributed by atoms with E-state index in [4.69, 9.17) is 15.0 Å². The summed E-state index contributed by atoms with van der Waals surface area (Å²) in [5.74, 6) is -0.253. The van der Waals surface area contributed by atoms with Gasteiger partial charge in [0, 0.05) is 44.1 Å². The Hall–Kier alpha value is -15.6. The van der Waals surface area contributed by atoms with Gasteiger partial charge < -0.3 is 24.2 Å². The summed E-state index contributed by atoms with van der Waals surface area (Å²) in [6, 6.07) is 45.9. The second kappa shape index (κ2) is 32.0. The second-order valence-corrected chi connectivity index (χ2v) is 27.3. The van der Waals surface area contributed by atoms with Crippen LogP contribution in [-0.4, -0.2) is 138 Å². The van der Waals surface area contributed by atoms with Crippen LogP contribution in [0.1, 0.15) is 52.3 Å². The number of fused-ring (bicyclic) bond motifs is 2. The van der Waals surface area contributed by atoms with Gasteiger partial charge >= 0.3 is 11.4 Å². The van der Waals surface area contributed by atoms with E-state index in [0.717, 1.165) is 44.7 Å². The van der Waals surface area contributed by atoms with Crippen molar-refractivity contribution in [3.05, 3.63) is 290 Å². The predicted molar refractivity (Wildman–Crippen MR) is 430 cm³/mol. The lowest BCUT2D eigenvalue weighted by atomic mass is 10.0. The third kappa shape index (κ3) is 14.9. The zero-order chi connectivity index (χ0) is 81.2. The Labute approximate surface area is 654 Å². The molecule has 14 aromatic rings. The number of benzene rings is 7. The molecule has 0 spiro atoms. The summed E-state index contributed by atoms with van der Waals surface area (Å²) >= 11 is 0. The van der Waals surface area contributed by atoms with Crippen LogP contribution in [0.3, 0.4) is 0 Å². The number of aryl methyl sites for hydroxylation is 4. The van der Waals surface area contributed by atoms with E-state index in [-0.39, 0.29) is 81.5 Å². The van der Waals surface area contributed by atoms with E-state index in [1.54, 1.807) is 129 Å². The van der Waals surface area contributed by atoms with Gasteiger partial charge in [-0.25, -0.2) is 28.6 Å². The Bertz CT molecular complexity index is 6830. The van der Waals surface area contributed by atoms with E-state index < -0.39 is 22.6 Å². The lowest BCUT2D eigenvalue weighted by molar-refractivity contribution is -0.117. The van der Waals surface area contributed by atoms with Crippen molar-refractivity contribution in [2.24, 2.45) is 30.9 Å². The van der Waals surface area contributed by atoms with E-state index in [9.17, 15) is 43.5 Å². The van der Waals surface area contributed by atoms with E-state index >= 15 is 4.39 Å². The van der Waals surface area contributed by atoms with Crippen molar-refractivity contribution in [3.8, 4) is 51.4 Å². The highest BCUT2D eigenvalue weighted by Crippen LogP contribution is 2.43. The average molecular weight is 1560 g/mol. The van der Waals surface area contributed by atoms with Crippen LogP contribution >= 0.6 is 0 Å². The number of hydrogen-bond donors (Lipinski definition) is 4. The Kier molecular flexibility index (Phi) is 20.9. The SMILES string of the molecule is C[C@H]1COc2c(N3CCN(C)CC3)c(F)cc3c(=O)c(-n4nc[nH]c4=O)cn1c23.Cc1ccc(-n2[nH]c(C)c(N=Nc3cccc(-c4cccc(N5N=NCC5=O)c4)c3O)c2=O)cc1C.Cc1cccn2c(=O)c(-n3nc[nH]c3=O)cnc12.N#Cc1ccc(/C=C/c2nc3ccccc3c(=O)n2-c2cccc(N3N=NCC3=O)c2)cc1. The normalized spacial score (nSPS) is 14.5. The standard InChI is InChI=1S/C26H23N7O3.C25H16N6O2.C19H21FN6O3.C11H9N5O2/c1-15-10-11-20(12-16(15)2)33-26(36)24(17(3)30-33)29-28-22-9-5-8-21(25(22)35)18-6-4-7-19(13-18)32-23(34)14-27-31-32;26-15-18-10-8-17(9-11-18)12-13-23-28-22-7-2-1-6-21(22)25(33)30(23)19-4-3-5-20(14-19)31-24(32)16-27-29-31;1-11-9-29-18-15-12(7-13(20)16(18)24-5-3-23(2)4-6-24)17(27)14(8-25(11)15)26-19(28)21-10-22-26;1-7-3-2-4-15-9(7)12-5-8(10(15)17)16-11(18)13-6-14-16/h4-13,30,35H,14H2,1-3H3;1-14H,16H2;7-8,10-11H,3-6,9H2,1-2H3,(H,21,22,28);2-6H,1H3,(H,13,14,18)/b;13-12+;;/t;;11-;/m..0./s1. The quantitative estimate of drug-likeness (QED) is 0.0826. The molecule has 4 aliphatic heterocycles. The van der Waals surface area contributed by atoms with Crippen LogP contribution in [0, 0.1) is 44.8 Å². The number of aromatic nitrogens is 13. The first kappa shape index (κ1) is 75.8. The number of nitriles is 1. The molecular formula is C81H69FN24O10. The first-order valence-corrected chi connectivity index (χ1v) is 36.3. The number of hydrogen-bond acceptors (Lipinski definition) is 23. The van der Waals surface area contributed by atoms with Crippen molar-refractivity contribution in [3.63, 3.8) is 0 Å². The Morgan fingerprint density at radius 2 is 1.34 bits per heavy atom. The summed E-state index contributed by atoms with van der Waals surface area (Å²) in [6.07, 6.45) is 10.6. The summed E-state index contributed by atoms with van der Waals surface area (Å²) in [5, 5.41) is 57.3. The molecule has 2 amide bonds. The topological polar surface area (TPSA) is 405 Å². The highest BCUT2D eigenvalue weighted by atomic mass is 19.1. The number of piperazine rings is 1. The number of halogens is 1. The lowest BCUT2D eigenvalue weighted by Crippen LogP contribution is -2.45. The molecule has 35 heteroatoms. The van der Waals surface area contributed by atoms with Crippen molar-refractivity contribution in [2.45, 2.75) is 40.7 Å². The molecule has 4 aliphatic rings. The molecule has 18 rings (SSSR count). The van der Waals surface area contributed by atoms with Crippen LogP contribution in [0.5, 0.6) is 11.5 Å². The van der Waals surface area contributed by atoms with Gasteiger partial charge in [0.2, 0.25) is 5.43 Å². The zero-order valence-electron chi connectivity index (χ0n) is 62.9. The number of azo groups is 1. The molecule has 0 saturated carbocycles. The van der Waals surface area contributed by atoms with Gasteiger partial charge in [0.1, 0.15) is 60.9 Å². The molecule has 34 nitrogen and oxygen atoms in total. The van der Waals surface area contributed by atoms with Crippen LogP contribution in [0.25, 0.3) is 73.5 Å². The minimum Gasteiger partial charge on any atom is -0.505 e. The molecule has 1 atom stereocenters. The van der Waals surface area contributed by atoms with Gasteiger partial charge in [-0.15, -0.1) is 10.2 Å². The van der Waals surface area contributed by atoms with Gasteiger partial charge in [0.25, 0.3) is 28.5 Å². The maximum Gasteiger partial charge on any atom is 0.348 e. The minimum atomic E-state index is -0.524. The molecule has 4 N–H and O–H groups in total. The van der Waals surface area contributed by atoms with E-state index in [2.05, 4.69) is 72.1 Å². The number of H-pyrrole nitrogens is 3. The summed E-state index contributed by atoms with van der Waals surface area (Å²) in [4.78, 5) is 117. The molecule has 0 unspecified atom stereocenters. The predicted octanol–water partition coefficient (Wildman–Crippen LogP) is 10.3. The Morgan fingerprint density at radius 3 is 2.02 bits per heavy atom. The van der Waals surface area contributed by atoms with Crippen LogP contribution in [-0.2, 0) is 9.59 Å². The molecule has 580 valence electrons. The van der Waals surface area contributed by atoms with Crippen LogP contribution in [0.4, 0.5) is 32.8 Å². The zero-order valence-corrected chi connectivity index (χ0v) is 62.9. The fourth-order valence-corrected chi connectivity index (χ4v) is 13.4. The van der Waals surface area contributed by atoms with Crippen LogP contribution in [0.15, 0.2) is 243 Å². The maximum atomic E-state index is 15.3. The lowest BCUT2D eigenvalue weighted by Gasteiger charge is -2.37. The van der Waals surface area contributed by atoms with Gasteiger partial charge in [0.05, 0.1) is 74.1 Å². The number of phenolic OH excluding ortho intramolecular Hbond substituents is 1. The van der Waals surface area contributed by atoms with Crippen molar-refractivity contribution < 1.29 is 23.8 Å². The first-order chi connectivity index (χ1) is 56.1. The second-order valence-electron chi connectivity index (χ2n) is 27.3. The summed E-state index contributed by atoms with van der Waals surface area (Å²) in [7, 11) is 2.03. The number of carbonyl (C=O) groups is 2. The van der Waals surface area contributed by atoms with Gasteiger partial charge in [-0.1, -0.05) is 83.3 Å². The largest absolute Gasteiger partial charge is 0.505 e. The molecule has 1 fully saturated rings. The number of phenols is 1. The van der Waals surface area contributed by atoms with Crippen molar-refractivity contribution in [2.75, 3.05) is 67.8 Å². The number of nitrogens with one attached hydrogen (secondary N) is 3. The number of rotatable bonds is 12. The van der Waals surface area contributed by atoms with Crippen LogP contribution in [0.2, 0.25) is 0 Å². The fourth-order valence-electron chi connectivity index (χ4n) is 13.4. The van der Waals surface area contributed by atoms with E-state index in [1.165, 1.54) is 48.6 Å². The summed E-state index contributed by atoms with van der Waals surface area (Å²) in [6.45, 7) is 12.9. The van der Waals surface area contributed by atoms with E-state index in [1.807, 2.05) is 92.8 Å². The van der Waals surface area contributed by atoms with Crippen molar-refractivity contribution >= 4 is 79.9 Å². The molecule has 1 saturated heterocycles. The third-order valence-electron chi connectivity index (χ3n) is 19.7. The number of likely N-dealkylation sites (N-methyl/N-ethyl adjacent to an activating group) is 1. The first-order valence-electron chi connectivity index (χ1n) is 36.3. The summed E-state index contributed by atoms with van der Waals surface area (Å²) in [5.41, 5.74) is 8.80. The molecular weight excluding hydrogens is 1490 g/mol. The number of aromatic amines is 3. The summed E-state index contributed by atoms with van der Waals surface area (Å²) < 4.78 is 29.4. The average Bonchev–Trinajstić information content (AvgIpc) is 1.05. The highest BCUT2D eigenvalue weighted by molar-refractivity contribution is 5.97. The highest BCUT2D eigenvalue weighted by Gasteiger charge is 2.32. The van der Waals surface area contributed by atoms with Crippen LogP contribution < -0.4 is 53.1 Å².